The number of amides is 1. The second-order valence-electron chi connectivity index (χ2n) is 5.92. The molecule has 1 fully saturated rings. The maximum Gasteiger partial charge on any atom is 0.265 e. The molecule has 2 heterocycles. The molecule has 1 aromatic heterocycles. The largest absolute Gasteiger partial charge is 0.335 e. The van der Waals surface area contributed by atoms with Gasteiger partial charge in [-0.2, -0.15) is 0 Å². The highest BCUT2D eigenvalue weighted by Gasteiger charge is 2.32. The number of hydrogen-bond acceptors (Lipinski definition) is 4. The zero-order chi connectivity index (χ0) is 15.5. The molecule has 24 heavy (non-hydrogen) atoms. The predicted octanol–water partition coefficient (Wildman–Crippen LogP) is 3.39. The first-order chi connectivity index (χ1) is 10.7. The van der Waals surface area contributed by atoms with Gasteiger partial charge < -0.3 is 10.6 Å². The Balaban J connectivity index is 0.00000144. The molecule has 1 saturated heterocycles. The molecule has 0 radical (unpaired) electrons. The van der Waals surface area contributed by atoms with Gasteiger partial charge >= 0.3 is 0 Å². The molecule has 0 bridgehead atoms. The molecular weight excluding hydrogens is 365 g/mol. The van der Waals surface area contributed by atoms with Gasteiger partial charge in [0.2, 0.25) is 0 Å². The number of rotatable bonds is 4. The lowest BCUT2D eigenvalue weighted by Gasteiger charge is -2.20. The number of carbonyl (C=O) groups is 1. The number of carbonyl (C=O) groups excluding carboxylic acids is 1. The van der Waals surface area contributed by atoms with E-state index in [0.29, 0.717) is 12.5 Å². The molecule has 1 aliphatic rings. The molecule has 1 aliphatic heterocycles. The summed E-state index contributed by atoms with van der Waals surface area (Å²) in [5, 5.41) is 0.983. The lowest BCUT2D eigenvalue weighted by atomic mass is 10.1. The van der Waals surface area contributed by atoms with Crippen molar-refractivity contribution in [1.82, 2.24) is 9.88 Å². The summed E-state index contributed by atoms with van der Waals surface area (Å²) < 4.78 is 0. The molecule has 2 atom stereocenters. The van der Waals surface area contributed by atoms with E-state index in [1.807, 2.05) is 23.1 Å². The van der Waals surface area contributed by atoms with Crippen molar-refractivity contribution >= 4 is 42.1 Å². The molecule has 0 aliphatic carbocycles. The number of halogens is 2. The van der Waals surface area contributed by atoms with Gasteiger partial charge in [0.25, 0.3) is 5.91 Å². The zero-order valence-corrected chi connectivity index (χ0v) is 16.0. The van der Waals surface area contributed by atoms with Crippen molar-refractivity contribution in [2.45, 2.75) is 25.8 Å². The minimum Gasteiger partial charge on any atom is -0.335 e. The van der Waals surface area contributed by atoms with Gasteiger partial charge in [-0.25, -0.2) is 4.98 Å². The van der Waals surface area contributed by atoms with Crippen LogP contribution in [0, 0.1) is 5.92 Å². The minimum atomic E-state index is 0. The van der Waals surface area contributed by atoms with E-state index in [0.717, 1.165) is 29.3 Å². The first-order valence-electron chi connectivity index (χ1n) is 7.67. The summed E-state index contributed by atoms with van der Waals surface area (Å²) in [6, 6.07) is 10.5. The average Bonchev–Trinajstić information content (AvgIpc) is 3.14. The highest BCUT2D eigenvalue weighted by Crippen LogP contribution is 2.26. The third kappa shape index (κ3) is 4.70. The summed E-state index contributed by atoms with van der Waals surface area (Å²) in [6.07, 6.45) is 3.49. The normalized spacial score (nSPS) is 19.5. The maximum atomic E-state index is 12.6. The van der Waals surface area contributed by atoms with Crippen LogP contribution in [-0.2, 0) is 6.42 Å². The Hall–Kier alpha value is -1.14. The van der Waals surface area contributed by atoms with Crippen LogP contribution in [0.3, 0.4) is 0 Å². The zero-order valence-electron chi connectivity index (χ0n) is 13.6. The second kappa shape index (κ2) is 9.37. The van der Waals surface area contributed by atoms with Crippen molar-refractivity contribution < 1.29 is 4.79 Å². The van der Waals surface area contributed by atoms with Crippen molar-refractivity contribution in [3.8, 4) is 0 Å². The summed E-state index contributed by atoms with van der Waals surface area (Å²) in [6.45, 7) is 3.51. The van der Waals surface area contributed by atoms with Crippen LogP contribution in [0.15, 0.2) is 36.5 Å². The number of benzene rings is 1. The quantitative estimate of drug-likeness (QED) is 0.874. The van der Waals surface area contributed by atoms with E-state index in [2.05, 4.69) is 24.0 Å². The summed E-state index contributed by atoms with van der Waals surface area (Å²) in [5.41, 5.74) is 6.96. The van der Waals surface area contributed by atoms with Crippen LogP contribution < -0.4 is 5.73 Å². The van der Waals surface area contributed by atoms with Crippen LogP contribution in [-0.4, -0.2) is 34.9 Å². The molecule has 3 rings (SSSR count). The number of hydrogen-bond donors (Lipinski definition) is 1. The van der Waals surface area contributed by atoms with Crippen LogP contribution in [0.1, 0.15) is 33.6 Å². The van der Waals surface area contributed by atoms with Crippen LogP contribution >= 0.6 is 36.2 Å². The van der Waals surface area contributed by atoms with Gasteiger partial charge in [-0.3, -0.25) is 4.79 Å². The fourth-order valence-corrected chi connectivity index (χ4v) is 3.91. The summed E-state index contributed by atoms with van der Waals surface area (Å²) in [7, 11) is 0. The van der Waals surface area contributed by atoms with Crippen LogP contribution in [0.4, 0.5) is 0 Å². The fourth-order valence-electron chi connectivity index (χ4n) is 3.00. The first-order valence-corrected chi connectivity index (χ1v) is 8.48. The van der Waals surface area contributed by atoms with E-state index in [4.69, 9.17) is 5.73 Å². The Labute approximate surface area is 159 Å². The van der Waals surface area contributed by atoms with Crippen molar-refractivity contribution in [3.05, 3.63) is 52.0 Å². The van der Waals surface area contributed by atoms with E-state index in [9.17, 15) is 4.79 Å². The fraction of sp³-hybridized carbons (Fsp3) is 0.412. The number of nitrogens with zero attached hydrogens (tertiary/aromatic N) is 2. The van der Waals surface area contributed by atoms with E-state index < -0.39 is 0 Å². The Morgan fingerprint density at radius 3 is 2.67 bits per heavy atom. The van der Waals surface area contributed by atoms with Crippen LogP contribution in [0.5, 0.6) is 0 Å². The summed E-state index contributed by atoms with van der Waals surface area (Å²) >= 11 is 1.50. The van der Waals surface area contributed by atoms with Crippen molar-refractivity contribution in [2.24, 2.45) is 11.7 Å². The summed E-state index contributed by atoms with van der Waals surface area (Å²) in [5.74, 6) is 0.524. The minimum absolute atomic E-state index is 0. The molecular formula is C17H23Cl2N3OS. The van der Waals surface area contributed by atoms with E-state index in [1.54, 1.807) is 6.20 Å². The molecule has 1 amide bonds. The standard InChI is InChI=1S/C17H21N3OS.2ClH/c1-12-7-14(9-18)11-20(12)17(21)15-10-19-16(22-15)8-13-5-3-2-4-6-13;;/h2-6,10,12,14H,7-9,11,18H2,1H3;2*1H. The Bertz CT molecular complexity index is 650. The van der Waals surface area contributed by atoms with Crippen molar-refractivity contribution in [2.75, 3.05) is 13.1 Å². The van der Waals surface area contributed by atoms with Crippen molar-refractivity contribution in [3.63, 3.8) is 0 Å². The lowest BCUT2D eigenvalue weighted by Crippen LogP contribution is -2.33. The topological polar surface area (TPSA) is 59.2 Å². The molecule has 4 nitrogen and oxygen atoms in total. The lowest BCUT2D eigenvalue weighted by molar-refractivity contribution is 0.0748. The van der Waals surface area contributed by atoms with Gasteiger partial charge in [0.05, 0.1) is 11.2 Å². The SMILES string of the molecule is CC1CC(CN)CN1C(=O)c1cnc(Cc2ccccc2)s1.Cl.Cl. The smallest absolute Gasteiger partial charge is 0.265 e. The number of aromatic nitrogens is 1. The number of nitrogens with two attached hydrogens (primary N) is 1. The van der Waals surface area contributed by atoms with Gasteiger partial charge in [-0.15, -0.1) is 36.2 Å². The number of thiazole rings is 1. The molecule has 2 aromatic rings. The van der Waals surface area contributed by atoms with E-state index >= 15 is 0 Å². The monoisotopic (exact) mass is 387 g/mol. The van der Waals surface area contributed by atoms with E-state index in [-0.39, 0.29) is 36.8 Å². The van der Waals surface area contributed by atoms with Gasteiger partial charge in [-0.1, -0.05) is 30.3 Å². The average molecular weight is 388 g/mol. The molecule has 0 spiro atoms. The van der Waals surface area contributed by atoms with Gasteiger partial charge in [0, 0.05) is 19.0 Å². The Morgan fingerprint density at radius 1 is 1.33 bits per heavy atom. The second-order valence-corrected chi connectivity index (χ2v) is 7.04. The molecule has 2 unspecified atom stereocenters. The Morgan fingerprint density at radius 2 is 2.04 bits per heavy atom. The van der Waals surface area contributed by atoms with E-state index in [1.165, 1.54) is 16.9 Å². The third-order valence-electron chi connectivity index (χ3n) is 4.22. The maximum absolute atomic E-state index is 12.6. The summed E-state index contributed by atoms with van der Waals surface area (Å²) in [4.78, 5) is 19.7. The van der Waals surface area contributed by atoms with Gasteiger partial charge in [0.15, 0.2) is 0 Å². The molecule has 132 valence electrons. The molecule has 0 saturated carbocycles. The van der Waals surface area contributed by atoms with Gasteiger partial charge in [0.1, 0.15) is 4.88 Å². The molecule has 7 heteroatoms. The third-order valence-corrected chi connectivity index (χ3v) is 5.20. The molecule has 2 N–H and O–H groups in total. The Kier molecular flexibility index (Phi) is 8.16. The van der Waals surface area contributed by atoms with Gasteiger partial charge in [-0.05, 0) is 31.4 Å². The van der Waals surface area contributed by atoms with Crippen LogP contribution in [0.25, 0.3) is 0 Å². The van der Waals surface area contributed by atoms with Crippen molar-refractivity contribution in [1.29, 1.82) is 0 Å². The predicted molar refractivity (Wildman–Crippen MR) is 104 cm³/mol. The highest BCUT2D eigenvalue weighted by atomic mass is 35.5. The molecule has 1 aromatic carbocycles. The highest BCUT2D eigenvalue weighted by molar-refractivity contribution is 7.13. The number of likely N-dealkylation sites (tertiary alicyclic amines) is 1. The van der Waals surface area contributed by atoms with Crippen LogP contribution in [0.2, 0.25) is 0 Å². The first kappa shape index (κ1) is 20.9.